The molecule has 1 aliphatic heterocycles. The van der Waals surface area contributed by atoms with Crippen LogP contribution in [0.1, 0.15) is 57.2 Å². The fraction of sp³-hybridized carbons (Fsp3) is 0.824. The molecule has 0 aliphatic carbocycles. The fourth-order valence-corrected chi connectivity index (χ4v) is 3.52. The fourth-order valence-electron chi connectivity index (χ4n) is 3.52. The van der Waals surface area contributed by atoms with Gasteiger partial charge in [0.25, 0.3) is 0 Å². The smallest absolute Gasteiger partial charge is 0.130 e. The van der Waals surface area contributed by atoms with Gasteiger partial charge in [-0.2, -0.15) is 5.10 Å². The van der Waals surface area contributed by atoms with Crippen LogP contribution < -0.4 is 10.6 Å². The molecule has 4 heteroatoms. The van der Waals surface area contributed by atoms with E-state index in [1.165, 1.54) is 37.1 Å². The highest BCUT2D eigenvalue weighted by molar-refractivity contribution is 5.50. The summed E-state index contributed by atoms with van der Waals surface area (Å²) in [4.78, 5) is 2.55. The summed E-state index contributed by atoms with van der Waals surface area (Å²) in [5.74, 6) is 2.21. The van der Waals surface area contributed by atoms with Crippen LogP contribution in [0.25, 0.3) is 0 Å². The number of rotatable bonds is 5. The molecular weight excluding hydrogens is 260 g/mol. The van der Waals surface area contributed by atoms with Gasteiger partial charge < -0.3 is 10.6 Å². The van der Waals surface area contributed by atoms with Gasteiger partial charge in [-0.1, -0.05) is 20.3 Å². The summed E-state index contributed by atoms with van der Waals surface area (Å²) >= 11 is 0. The van der Waals surface area contributed by atoms with Gasteiger partial charge in [-0.05, 0) is 44.9 Å². The highest BCUT2D eigenvalue weighted by Crippen LogP contribution is 2.29. The minimum atomic E-state index is 0.238. The van der Waals surface area contributed by atoms with Crippen LogP contribution in [0.2, 0.25) is 0 Å². The zero-order valence-corrected chi connectivity index (χ0v) is 14.2. The first-order valence-electron chi connectivity index (χ1n) is 8.59. The summed E-state index contributed by atoms with van der Waals surface area (Å²) in [6.45, 7) is 8.91. The number of aromatic nitrogens is 2. The van der Waals surface area contributed by atoms with Crippen molar-refractivity contribution in [3.8, 4) is 0 Å². The van der Waals surface area contributed by atoms with Crippen molar-refractivity contribution in [3.05, 3.63) is 11.3 Å². The van der Waals surface area contributed by atoms with Crippen LogP contribution in [0.3, 0.4) is 0 Å². The Hall–Kier alpha value is -1.03. The van der Waals surface area contributed by atoms with Gasteiger partial charge in [0.2, 0.25) is 0 Å². The van der Waals surface area contributed by atoms with Crippen LogP contribution in [0.4, 0.5) is 5.82 Å². The number of aryl methyl sites for hydroxylation is 2. The summed E-state index contributed by atoms with van der Waals surface area (Å²) in [5.41, 5.74) is 8.71. The van der Waals surface area contributed by atoms with Crippen LogP contribution in [0, 0.1) is 12.8 Å². The molecule has 1 aliphatic rings. The molecule has 2 rings (SSSR count). The minimum absolute atomic E-state index is 0.238. The summed E-state index contributed by atoms with van der Waals surface area (Å²) in [7, 11) is 2.07. The van der Waals surface area contributed by atoms with E-state index in [-0.39, 0.29) is 6.04 Å². The van der Waals surface area contributed by atoms with Gasteiger partial charge in [-0.15, -0.1) is 0 Å². The van der Waals surface area contributed by atoms with Gasteiger partial charge in [-0.25, -0.2) is 0 Å². The number of anilines is 1. The number of nitrogens with two attached hydrogens (primary N) is 1. The van der Waals surface area contributed by atoms with E-state index in [1.807, 2.05) is 0 Å². The van der Waals surface area contributed by atoms with Gasteiger partial charge >= 0.3 is 0 Å². The highest BCUT2D eigenvalue weighted by atomic mass is 15.4. The van der Waals surface area contributed by atoms with Crippen LogP contribution in [0.15, 0.2) is 0 Å². The van der Waals surface area contributed by atoms with Crippen molar-refractivity contribution >= 4 is 5.82 Å². The van der Waals surface area contributed by atoms with Gasteiger partial charge in [0.05, 0.1) is 5.69 Å². The van der Waals surface area contributed by atoms with Crippen LogP contribution in [-0.2, 0) is 13.5 Å². The maximum atomic E-state index is 6.20. The van der Waals surface area contributed by atoms with E-state index < -0.39 is 0 Å². The highest BCUT2D eigenvalue weighted by Gasteiger charge is 2.23. The van der Waals surface area contributed by atoms with Crippen LogP contribution >= 0.6 is 0 Å². The Labute approximate surface area is 129 Å². The molecule has 0 radical (unpaired) electrons. The molecule has 1 aromatic heterocycles. The van der Waals surface area contributed by atoms with E-state index in [0.717, 1.165) is 37.5 Å². The molecule has 0 spiro atoms. The first-order valence-corrected chi connectivity index (χ1v) is 8.59. The summed E-state index contributed by atoms with van der Waals surface area (Å²) in [6.07, 6.45) is 7.24. The molecule has 4 nitrogen and oxygen atoms in total. The number of hydrogen-bond donors (Lipinski definition) is 1. The Morgan fingerprint density at radius 1 is 1.29 bits per heavy atom. The lowest BCUT2D eigenvalue weighted by atomic mass is 9.98. The molecule has 1 aromatic rings. The average molecular weight is 292 g/mol. The molecule has 0 bridgehead atoms. The number of nitrogens with zero attached hydrogens (tertiary/aromatic N) is 3. The first kappa shape index (κ1) is 16.3. The first-order chi connectivity index (χ1) is 10.1. The Bertz CT molecular complexity index is 452. The third-order valence-electron chi connectivity index (χ3n) is 5.03. The third-order valence-corrected chi connectivity index (χ3v) is 5.03. The van der Waals surface area contributed by atoms with E-state index in [0.29, 0.717) is 0 Å². The molecule has 2 heterocycles. The van der Waals surface area contributed by atoms with Crippen molar-refractivity contribution in [1.82, 2.24) is 9.78 Å². The summed E-state index contributed by atoms with van der Waals surface area (Å²) in [5, 5.41) is 4.66. The van der Waals surface area contributed by atoms with Crippen molar-refractivity contribution in [1.29, 1.82) is 0 Å². The molecule has 2 unspecified atom stereocenters. The number of hydrogen-bond acceptors (Lipinski definition) is 3. The van der Waals surface area contributed by atoms with E-state index >= 15 is 0 Å². The Kier molecular flexibility index (Phi) is 5.68. The second-order valence-electron chi connectivity index (χ2n) is 6.58. The molecule has 120 valence electrons. The van der Waals surface area contributed by atoms with Gasteiger partial charge in [0.15, 0.2) is 0 Å². The molecule has 2 N–H and O–H groups in total. The molecule has 0 amide bonds. The van der Waals surface area contributed by atoms with Crippen molar-refractivity contribution < 1.29 is 0 Å². The topological polar surface area (TPSA) is 47.1 Å². The molecule has 21 heavy (non-hydrogen) atoms. The van der Waals surface area contributed by atoms with Crippen molar-refractivity contribution in [2.24, 2.45) is 18.7 Å². The summed E-state index contributed by atoms with van der Waals surface area (Å²) < 4.78 is 2.07. The largest absolute Gasteiger partial charge is 0.357 e. The average Bonchev–Trinajstić information content (AvgIpc) is 2.66. The quantitative estimate of drug-likeness (QED) is 0.907. The van der Waals surface area contributed by atoms with Gasteiger partial charge in [-0.3, -0.25) is 4.68 Å². The van der Waals surface area contributed by atoms with Gasteiger partial charge in [0.1, 0.15) is 5.82 Å². The van der Waals surface area contributed by atoms with E-state index in [4.69, 9.17) is 5.73 Å². The standard InChI is InChI=1S/C17H32N4/c1-5-14-8-7-10-21(11-9-14)17-16(12-15(18)6-2)13(3)19-20(17)4/h14-15H,5-12,18H2,1-4H3. The third kappa shape index (κ3) is 3.79. The molecule has 1 fully saturated rings. The van der Waals surface area contributed by atoms with Crippen LogP contribution in [0.5, 0.6) is 0 Å². The monoisotopic (exact) mass is 292 g/mol. The SMILES string of the molecule is CCC(N)Cc1c(C)nn(C)c1N1CCCC(CC)CC1. The second-order valence-corrected chi connectivity index (χ2v) is 6.58. The maximum Gasteiger partial charge on any atom is 0.130 e. The predicted octanol–water partition coefficient (Wildman–Crippen LogP) is 3.02. The maximum absolute atomic E-state index is 6.20. The minimum Gasteiger partial charge on any atom is -0.357 e. The predicted molar refractivity (Wildman–Crippen MR) is 89.8 cm³/mol. The zero-order chi connectivity index (χ0) is 15.4. The Morgan fingerprint density at radius 3 is 2.71 bits per heavy atom. The van der Waals surface area contributed by atoms with E-state index in [2.05, 4.69) is 42.5 Å². The lowest BCUT2D eigenvalue weighted by Crippen LogP contribution is -2.29. The van der Waals surface area contributed by atoms with E-state index in [1.54, 1.807) is 0 Å². The second kappa shape index (κ2) is 7.30. The van der Waals surface area contributed by atoms with Crippen LogP contribution in [-0.4, -0.2) is 28.9 Å². The zero-order valence-electron chi connectivity index (χ0n) is 14.2. The lowest BCUT2D eigenvalue weighted by Gasteiger charge is -2.25. The molecule has 2 atom stereocenters. The summed E-state index contributed by atoms with van der Waals surface area (Å²) in [6, 6.07) is 0.238. The normalized spacial score (nSPS) is 21.4. The Morgan fingerprint density at radius 2 is 2.05 bits per heavy atom. The van der Waals surface area contributed by atoms with Crippen molar-refractivity contribution in [2.75, 3.05) is 18.0 Å². The molecule has 1 saturated heterocycles. The molecular formula is C17H32N4. The Balaban J connectivity index is 2.21. The van der Waals surface area contributed by atoms with Crippen molar-refractivity contribution in [3.63, 3.8) is 0 Å². The lowest BCUT2D eigenvalue weighted by molar-refractivity contribution is 0.459. The van der Waals surface area contributed by atoms with E-state index in [9.17, 15) is 0 Å². The molecule has 0 saturated carbocycles. The molecule has 0 aromatic carbocycles. The van der Waals surface area contributed by atoms with Crippen molar-refractivity contribution in [2.45, 2.75) is 65.3 Å². The van der Waals surface area contributed by atoms with Gasteiger partial charge in [0, 0.05) is 31.7 Å².